The van der Waals surface area contributed by atoms with Gasteiger partial charge < -0.3 is 15.2 Å². The molecular formula is C10H13NO2. The monoisotopic (exact) mass is 179 g/mol. The van der Waals surface area contributed by atoms with Crippen LogP contribution in [0.5, 0.6) is 0 Å². The third-order valence-corrected chi connectivity index (χ3v) is 2.16. The molecule has 1 saturated heterocycles. The van der Waals surface area contributed by atoms with Gasteiger partial charge in [-0.1, -0.05) is 30.3 Å². The second kappa shape index (κ2) is 3.87. The first kappa shape index (κ1) is 8.69. The molecule has 0 amide bonds. The summed E-state index contributed by atoms with van der Waals surface area (Å²) >= 11 is 0. The minimum Gasteiger partial charge on any atom is -0.354 e. The maximum atomic E-state index is 5.86. The normalized spacial score (nSPS) is 28.7. The Bertz CT molecular complexity index is 263. The summed E-state index contributed by atoms with van der Waals surface area (Å²) in [4.78, 5) is 0. The first-order chi connectivity index (χ1) is 6.38. The van der Waals surface area contributed by atoms with Gasteiger partial charge in [0.2, 0.25) is 0 Å². The molecule has 2 N–H and O–H groups in total. The van der Waals surface area contributed by atoms with Crippen LogP contribution in [-0.2, 0) is 9.47 Å². The van der Waals surface area contributed by atoms with Crippen LogP contribution in [-0.4, -0.2) is 19.4 Å². The van der Waals surface area contributed by atoms with E-state index in [4.69, 9.17) is 15.2 Å². The van der Waals surface area contributed by atoms with Gasteiger partial charge in [0, 0.05) is 0 Å². The van der Waals surface area contributed by atoms with Crippen molar-refractivity contribution in [3.05, 3.63) is 35.9 Å². The van der Waals surface area contributed by atoms with Crippen LogP contribution in [0.4, 0.5) is 0 Å². The molecule has 1 aromatic rings. The fraction of sp³-hybridized carbons (Fsp3) is 0.400. The number of nitrogens with two attached hydrogens (primary N) is 1. The van der Waals surface area contributed by atoms with Crippen molar-refractivity contribution in [2.75, 3.05) is 13.4 Å². The molecular weight excluding hydrogens is 166 g/mol. The van der Waals surface area contributed by atoms with Gasteiger partial charge in [-0.2, -0.15) is 0 Å². The van der Waals surface area contributed by atoms with Crippen LogP contribution >= 0.6 is 0 Å². The summed E-state index contributed by atoms with van der Waals surface area (Å²) in [6.45, 7) is 0.910. The van der Waals surface area contributed by atoms with Crippen LogP contribution in [0.15, 0.2) is 30.3 Å². The summed E-state index contributed by atoms with van der Waals surface area (Å²) in [7, 11) is 0. The Morgan fingerprint density at radius 3 is 2.69 bits per heavy atom. The molecule has 0 saturated carbocycles. The van der Waals surface area contributed by atoms with Crippen molar-refractivity contribution in [3.63, 3.8) is 0 Å². The zero-order chi connectivity index (χ0) is 9.10. The van der Waals surface area contributed by atoms with Crippen LogP contribution in [0.3, 0.4) is 0 Å². The summed E-state index contributed by atoms with van der Waals surface area (Å²) in [5.41, 5.74) is 6.98. The van der Waals surface area contributed by atoms with Crippen molar-refractivity contribution in [3.8, 4) is 0 Å². The molecule has 1 aliphatic rings. The molecule has 70 valence electrons. The highest BCUT2D eigenvalue weighted by Crippen LogP contribution is 2.22. The maximum absolute atomic E-state index is 5.86. The Morgan fingerprint density at radius 1 is 1.23 bits per heavy atom. The number of ether oxygens (including phenoxy) is 2. The number of hydrogen-bond acceptors (Lipinski definition) is 3. The van der Waals surface area contributed by atoms with Crippen molar-refractivity contribution >= 4 is 0 Å². The predicted octanol–water partition coefficient (Wildman–Crippen LogP) is 1.06. The van der Waals surface area contributed by atoms with Gasteiger partial charge in [0.15, 0.2) is 0 Å². The maximum Gasteiger partial charge on any atom is 0.147 e. The first-order valence-electron chi connectivity index (χ1n) is 4.38. The van der Waals surface area contributed by atoms with Gasteiger partial charge in [0.05, 0.1) is 12.6 Å². The Labute approximate surface area is 77.5 Å². The molecule has 3 nitrogen and oxygen atoms in total. The Kier molecular flexibility index (Phi) is 2.59. The zero-order valence-corrected chi connectivity index (χ0v) is 7.35. The van der Waals surface area contributed by atoms with Crippen molar-refractivity contribution < 1.29 is 9.47 Å². The van der Waals surface area contributed by atoms with Gasteiger partial charge in [0.1, 0.15) is 12.9 Å². The Balaban J connectivity index is 2.15. The summed E-state index contributed by atoms with van der Waals surface area (Å²) in [6, 6.07) is 9.94. The van der Waals surface area contributed by atoms with Gasteiger partial charge in [0.25, 0.3) is 0 Å². The minimum absolute atomic E-state index is 0.0186. The number of rotatable bonds is 1. The molecule has 1 heterocycles. The molecule has 2 unspecified atom stereocenters. The molecule has 1 aliphatic heterocycles. The summed E-state index contributed by atoms with van der Waals surface area (Å²) in [6.07, 6.45) is -0.0186. The van der Waals surface area contributed by atoms with Gasteiger partial charge in [-0.25, -0.2) is 0 Å². The summed E-state index contributed by atoms with van der Waals surface area (Å²) in [5, 5.41) is 0. The highest BCUT2D eigenvalue weighted by atomic mass is 16.7. The van der Waals surface area contributed by atoms with Crippen LogP contribution in [0.25, 0.3) is 0 Å². The first-order valence-corrected chi connectivity index (χ1v) is 4.38. The fourth-order valence-electron chi connectivity index (χ4n) is 1.50. The lowest BCUT2D eigenvalue weighted by Gasteiger charge is -2.29. The zero-order valence-electron chi connectivity index (χ0n) is 7.35. The largest absolute Gasteiger partial charge is 0.354 e. The third kappa shape index (κ3) is 1.88. The molecule has 0 spiro atoms. The molecule has 0 aliphatic carbocycles. The number of hydrogen-bond donors (Lipinski definition) is 1. The number of benzene rings is 1. The average molecular weight is 179 g/mol. The molecule has 3 heteroatoms. The minimum atomic E-state index is -0.0591. The van der Waals surface area contributed by atoms with Gasteiger partial charge >= 0.3 is 0 Å². The van der Waals surface area contributed by atoms with E-state index in [1.807, 2.05) is 30.3 Å². The second-order valence-electron chi connectivity index (χ2n) is 3.15. The van der Waals surface area contributed by atoms with E-state index in [-0.39, 0.29) is 12.1 Å². The highest BCUT2D eigenvalue weighted by molar-refractivity contribution is 5.19. The molecule has 2 atom stereocenters. The quantitative estimate of drug-likeness (QED) is 0.701. The molecule has 2 rings (SSSR count). The smallest absolute Gasteiger partial charge is 0.147 e. The Hall–Kier alpha value is -0.900. The van der Waals surface area contributed by atoms with E-state index < -0.39 is 0 Å². The molecule has 0 radical (unpaired) electrons. The molecule has 1 fully saturated rings. The van der Waals surface area contributed by atoms with Crippen LogP contribution < -0.4 is 5.73 Å². The van der Waals surface area contributed by atoms with Gasteiger partial charge in [-0.3, -0.25) is 0 Å². The SMILES string of the molecule is NC1COCOC1c1ccccc1. The molecule has 13 heavy (non-hydrogen) atoms. The predicted molar refractivity (Wildman–Crippen MR) is 49.1 cm³/mol. The van der Waals surface area contributed by atoms with E-state index >= 15 is 0 Å². The van der Waals surface area contributed by atoms with E-state index in [1.165, 1.54) is 0 Å². The molecule has 0 aromatic heterocycles. The average Bonchev–Trinajstić information content (AvgIpc) is 2.20. The van der Waals surface area contributed by atoms with E-state index in [1.54, 1.807) is 0 Å². The van der Waals surface area contributed by atoms with E-state index in [0.29, 0.717) is 13.4 Å². The van der Waals surface area contributed by atoms with Crippen molar-refractivity contribution in [2.45, 2.75) is 12.1 Å². The standard InChI is InChI=1S/C10H13NO2/c11-9-6-12-7-13-10(9)8-4-2-1-3-5-8/h1-5,9-10H,6-7,11H2. The summed E-state index contributed by atoms with van der Waals surface area (Å²) in [5.74, 6) is 0. The van der Waals surface area contributed by atoms with E-state index in [2.05, 4.69) is 0 Å². The van der Waals surface area contributed by atoms with Crippen molar-refractivity contribution in [1.29, 1.82) is 0 Å². The van der Waals surface area contributed by atoms with Gasteiger partial charge in [-0.05, 0) is 5.56 Å². The fourth-order valence-corrected chi connectivity index (χ4v) is 1.50. The summed E-state index contributed by atoms with van der Waals surface area (Å²) < 4.78 is 10.5. The highest BCUT2D eigenvalue weighted by Gasteiger charge is 2.24. The Morgan fingerprint density at radius 2 is 2.00 bits per heavy atom. The van der Waals surface area contributed by atoms with Crippen LogP contribution in [0.1, 0.15) is 11.7 Å². The third-order valence-electron chi connectivity index (χ3n) is 2.16. The topological polar surface area (TPSA) is 44.5 Å². The van der Waals surface area contributed by atoms with Crippen molar-refractivity contribution in [2.24, 2.45) is 5.73 Å². The van der Waals surface area contributed by atoms with Gasteiger partial charge in [-0.15, -0.1) is 0 Å². The lowest BCUT2D eigenvalue weighted by molar-refractivity contribution is -0.151. The van der Waals surface area contributed by atoms with Crippen molar-refractivity contribution in [1.82, 2.24) is 0 Å². The van der Waals surface area contributed by atoms with Crippen LogP contribution in [0, 0.1) is 0 Å². The molecule has 0 bridgehead atoms. The lowest BCUT2D eigenvalue weighted by Crippen LogP contribution is -2.39. The van der Waals surface area contributed by atoms with Crippen LogP contribution in [0.2, 0.25) is 0 Å². The second-order valence-corrected chi connectivity index (χ2v) is 3.15. The van der Waals surface area contributed by atoms with E-state index in [9.17, 15) is 0 Å². The molecule has 1 aromatic carbocycles. The van der Waals surface area contributed by atoms with E-state index in [0.717, 1.165) is 5.56 Å². The lowest BCUT2D eigenvalue weighted by atomic mass is 10.0.